The van der Waals surface area contributed by atoms with Crippen molar-refractivity contribution < 1.29 is 4.79 Å². The van der Waals surface area contributed by atoms with Crippen LogP contribution in [0.15, 0.2) is 16.8 Å². The van der Waals surface area contributed by atoms with Crippen molar-refractivity contribution in [1.29, 1.82) is 0 Å². The Morgan fingerprint density at radius 1 is 1.45 bits per heavy atom. The zero-order chi connectivity index (χ0) is 13.9. The number of amides is 1. The number of carbonyl (C=O) groups is 1. The van der Waals surface area contributed by atoms with Gasteiger partial charge in [0.2, 0.25) is 5.91 Å². The van der Waals surface area contributed by atoms with Crippen LogP contribution in [0.3, 0.4) is 0 Å². The van der Waals surface area contributed by atoms with E-state index in [1.165, 1.54) is 31.2 Å². The Kier molecular flexibility index (Phi) is 4.41. The summed E-state index contributed by atoms with van der Waals surface area (Å²) in [5, 5.41) is 7.47. The molecule has 0 bridgehead atoms. The lowest BCUT2D eigenvalue weighted by molar-refractivity contribution is -0.126. The van der Waals surface area contributed by atoms with E-state index < -0.39 is 0 Å². The SMILES string of the molecule is C[C@@H](CNC(=O)[C@@H](C1CC1)N1CCCC1)c1ccsc1. The third-order valence-electron chi connectivity index (χ3n) is 4.57. The Morgan fingerprint density at radius 2 is 2.20 bits per heavy atom. The molecule has 2 atom stereocenters. The predicted octanol–water partition coefficient (Wildman–Crippen LogP) is 2.84. The van der Waals surface area contributed by atoms with E-state index in [1.807, 2.05) is 0 Å². The van der Waals surface area contributed by atoms with E-state index in [4.69, 9.17) is 0 Å². The molecule has 3 nitrogen and oxygen atoms in total. The molecule has 1 amide bonds. The highest BCUT2D eigenvalue weighted by Gasteiger charge is 2.40. The Labute approximate surface area is 125 Å². The van der Waals surface area contributed by atoms with E-state index in [0.717, 1.165) is 19.6 Å². The predicted molar refractivity (Wildman–Crippen MR) is 83.1 cm³/mol. The Balaban J connectivity index is 1.54. The van der Waals surface area contributed by atoms with Crippen molar-refractivity contribution in [2.75, 3.05) is 19.6 Å². The van der Waals surface area contributed by atoms with Gasteiger partial charge in [-0.2, -0.15) is 11.3 Å². The normalized spacial score (nSPS) is 22.6. The second kappa shape index (κ2) is 6.27. The molecular formula is C16H24N2OS. The van der Waals surface area contributed by atoms with Gasteiger partial charge >= 0.3 is 0 Å². The van der Waals surface area contributed by atoms with Crippen LogP contribution in [0.1, 0.15) is 44.1 Å². The number of likely N-dealkylation sites (tertiary alicyclic amines) is 1. The molecule has 1 N–H and O–H groups in total. The van der Waals surface area contributed by atoms with Crippen LogP contribution in [-0.2, 0) is 4.79 Å². The zero-order valence-corrected chi connectivity index (χ0v) is 13.0. The van der Waals surface area contributed by atoms with Crippen LogP contribution in [0.5, 0.6) is 0 Å². The minimum absolute atomic E-state index is 0.146. The van der Waals surface area contributed by atoms with E-state index in [-0.39, 0.29) is 11.9 Å². The quantitative estimate of drug-likeness (QED) is 0.874. The number of hydrogen-bond acceptors (Lipinski definition) is 3. The lowest BCUT2D eigenvalue weighted by atomic mass is 10.0. The number of nitrogens with one attached hydrogen (secondary N) is 1. The smallest absolute Gasteiger partial charge is 0.237 e. The van der Waals surface area contributed by atoms with E-state index in [0.29, 0.717) is 11.8 Å². The molecule has 110 valence electrons. The summed E-state index contributed by atoms with van der Waals surface area (Å²) in [6, 6.07) is 2.30. The van der Waals surface area contributed by atoms with Gasteiger partial charge in [0, 0.05) is 6.54 Å². The third kappa shape index (κ3) is 3.23. The first-order chi connectivity index (χ1) is 9.75. The summed E-state index contributed by atoms with van der Waals surface area (Å²) in [4.78, 5) is 14.9. The lowest BCUT2D eigenvalue weighted by Gasteiger charge is -2.27. The number of carbonyl (C=O) groups excluding carboxylic acids is 1. The fourth-order valence-corrected chi connectivity index (χ4v) is 3.92. The van der Waals surface area contributed by atoms with Gasteiger partial charge in [-0.25, -0.2) is 0 Å². The first-order valence-corrected chi connectivity index (χ1v) is 8.74. The van der Waals surface area contributed by atoms with E-state index >= 15 is 0 Å². The van der Waals surface area contributed by atoms with Crippen molar-refractivity contribution in [3.8, 4) is 0 Å². The summed E-state index contributed by atoms with van der Waals surface area (Å²) in [6.45, 7) is 5.15. The van der Waals surface area contributed by atoms with Crippen LogP contribution >= 0.6 is 11.3 Å². The first kappa shape index (κ1) is 14.1. The van der Waals surface area contributed by atoms with Gasteiger partial charge in [-0.1, -0.05) is 6.92 Å². The van der Waals surface area contributed by atoms with Gasteiger partial charge in [-0.05, 0) is 73.0 Å². The summed E-state index contributed by atoms with van der Waals surface area (Å²) in [5.41, 5.74) is 1.33. The Hall–Kier alpha value is -0.870. The maximum atomic E-state index is 12.5. The second-order valence-corrected chi connectivity index (χ2v) is 7.01. The standard InChI is InChI=1S/C16H24N2OS/c1-12(14-6-9-20-11-14)10-17-16(19)15(13-4-5-13)18-7-2-3-8-18/h6,9,11-13,15H,2-5,7-8,10H2,1H3,(H,17,19)/t12-,15+/m0/s1. The Bertz CT molecular complexity index is 435. The summed E-state index contributed by atoms with van der Waals surface area (Å²) in [5.74, 6) is 1.28. The van der Waals surface area contributed by atoms with Gasteiger partial charge < -0.3 is 5.32 Å². The molecule has 3 rings (SSSR count). The molecule has 0 unspecified atom stereocenters. The molecule has 4 heteroatoms. The number of rotatable bonds is 6. The summed E-state index contributed by atoms with van der Waals surface area (Å²) >= 11 is 1.72. The molecule has 1 aliphatic heterocycles. The van der Waals surface area contributed by atoms with Crippen LogP contribution in [0.2, 0.25) is 0 Å². The van der Waals surface area contributed by atoms with Gasteiger partial charge in [-0.15, -0.1) is 0 Å². The van der Waals surface area contributed by atoms with Gasteiger partial charge in [0.05, 0.1) is 6.04 Å². The van der Waals surface area contributed by atoms with Crippen LogP contribution in [0, 0.1) is 5.92 Å². The fraction of sp³-hybridized carbons (Fsp3) is 0.688. The molecule has 1 aliphatic carbocycles. The molecule has 0 aromatic carbocycles. The highest BCUT2D eigenvalue weighted by Crippen LogP contribution is 2.36. The van der Waals surface area contributed by atoms with Crippen LogP contribution in [0.4, 0.5) is 0 Å². The van der Waals surface area contributed by atoms with Gasteiger partial charge in [0.1, 0.15) is 0 Å². The van der Waals surface area contributed by atoms with E-state index in [2.05, 4.69) is 34.0 Å². The van der Waals surface area contributed by atoms with E-state index in [1.54, 1.807) is 11.3 Å². The molecule has 1 saturated heterocycles. The molecular weight excluding hydrogens is 268 g/mol. The summed E-state index contributed by atoms with van der Waals surface area (Å²) in [6.07, 6.45) is 4.97. The minimum Gasteiger partial charge on any atom is -0.354 e. The summed E-state index contributed by atoms with van der Waals surface area (Å²) in [7, 11) is 0. The molecule has 0 radical (unpaired) electrons. The molecule has 20 heavy (non-hydrogen) atoms. The summed E-state index contributed by atoms with van der Waals surface area (Å²) < 4.78 is 0. The van der Waals surface area contributed by atoms with Gasteiger partial charge in [0.15, 0.2) is 0 Å². The largest absolute Gasteiger partial charge is 0.354 e. The molecule has 1 aromatic rings. The van der Waals surface area contributed by atoms with Crippen molar-refractivity contribution in [3.63, 3.8) is 0 Å². The highest BCUT2D eigenvalue weighted by atomic mass is 32.1. The van der Waals surface area contributed by atoms with Crippen molar-refractivity contribution >= 4 is 17.2 Å². The van der Waals surface area contributed by atoms with Gasteiger partial charge in [0.25, 0.3) is 0 Å². The topological polar surface area (TPSA) is 32.3 Å². The molecule has 2 heterocycles. The third-order valence-corrected chi connectivity index (χ3v) is 5.27. The van der Waals surface area contributed by atoms with E-state index in [9.17, 15) is 4.79 Å². The monoisotopic (exact) mass is 292 g/mol. The number of hydrogen-bond donors (Lipinski definition) is 1. The zero-order valence-electron chi connectivity index (χ0n) is 12.2. The lowest BCUT2D eigenvalue weighted by Crippen LogP contribution is -2.47. The molecule has 1 aromatic heterocycles. The van der Waals surface area contributed by atoms with Crippen molar-refractivity contribution in [1.82, 2.24) is 10.2 Å². The molecule has 2 fully saturated rings. The van der Waals surface area contributed by atoms with Gasteiger partial charge in [-0.3, -0.25) is 9.69 Å². The van der Waals surface area contributed by atoms with Crippen LogP contribution in [0.25, 0.3) is 0 Å². The average molecular weight is 292 g/mol. The number of thiophene rings is 1. The minimum atomic E-state index is 0.146. The van der Waals surface area contributed by atoms with Crippen molar-refractivity contribution in [2.24, 2.45) is 5.92 Å². The molecule has 2 aliphatic rings. The highest BCUT2D eigenvalue weighted by molar-refractivity contribution is 7.07. The number of nitrogens with zero attached hydrogens (tertiary/aromatic N) is 1. The van der Waals surface area contributed by atoms with Crippen LogP contribution < -0.4 is 5.32 Å². The Morgan fingerprint density at radius 3 is 2.80 bits per heavy atom. The second-order valence-electron chi connectivity index (χ2n) is 6.23. The van der Waals surface area contributed by atoms with Crippen molar-refractivity contribution in [3.05, 3.63) is 22.4 Å². The average Bonchev–Trinajstić information content (AvgIpc) is 2.96. The maximum Gasteiger partial charge on any atom is 0.237 e. The molecule has 1 saturated carbocycles. The van der Waals surface area contributed by atoms with Crippen molar-refractivity contribution in [2.45, 2.75) is 44.6 Å². The molecule has 0 spiro atoms. The first-order valence-electron chi connectivity index (χ1n) is 7.79. The maximum absolute atomic E-state index is 12.5. The van der Waals surface area contributed by atoms with Crippen LogP contribution in [-0.4, -0.2) is 36.5 Å². The fourth-order valence-electron chi connectivity index (χ4n) is 3.14.